The molecule has 94 valence electrons. The average molecular weight is 250 g/mol. The molecule has 0 saturated carbocycles. The Labute approximate surface area is 104 Å². The summed E-state index contributed by atoms with van der Waals surface area (Å²) >= 11 is 0. The van der Waals surface area contributed by atoms with Crippen LogP contribution in [0.2, 0.25) is 0 Å². The van der Waals surface area contributed by atoms with E-state index in [9.17, 15) is 13.2 Å². The minimum Gasteiger partial charge on any atom is -0.166 e. The minimum absolute atomic E-state index is 0.603. The lowest BCUT2D eigenvalue weighted by Gasteiger charge is -2.11. The third kappa shape index (κ3) is 2.55. The van der Waals surface area contributed by atoms with E-state index in [0.29, 0.717) is 5.56 Å². The Hall–Kier alpha value is -1.77. The molecule has 2 aromatic rings. The van der Waals surface area contributed by atoms with E-state index in [1.807, 2.05) is 32.0 Å². The molecule has 0 saturated heterocycles. The van der Waals surface area contributed by atoms with Crippen molar-refractivity contribution < 1.29 is 13.2 Å². The van der Waals surface area contributed by atoms with Gasteiger partial charge in [0.05, 0.1) is 5.56 Å². The van der Waals surface area contributed by atoms with Gasteiger partial charge in [-0.2, -0.15) is 13.2 Å². The van der Waals surface area contributed by atoms with Crippen LogP contribution in [-0.4, -0.2) is 0 Å². The monoisotopic (exact) mass is 250 g/mol. The summed E-state index contributed by atoms with van der Waals surface area (Å²) in [6, 6.07) is 11.2. The third-order valence-electron chi connectivity index (χ3n) is 2.89. The van der Waals surface area contributed by atoms with Crippen molar-refractivity contribution in [2.75, 3.05) is 0 Å². The van der Waals surface area contributed by atoms with Crippen molar-refractivity contribution in [3.63, 3.8) is 0 Å². The zero-order valence-electron chi connectivity index (χ0n) is 10.2. The minimum atomic E-state index is -4.30. The van der Waals surface area contributed by atoms with Gasteiger partial charge in [-0.25, -0.2) is 0 Å². The van der Waals surface area contributed by atoms with Crippen LogP contribution >= 0.6 is 0 Å². The van der Waals surface area contributed by atoms with E-state index < -0.39 is 11.7 Å². The van der Waals surface area contributed by atoms with Crippen molar-refractivity contribution in [1.82, 2.24) is 0 Å². The Kier molecular flexibility index (Phi) is 3.16. The van der Waals surface area contributed by atoms with Crippen molar-refractivity contribution in [2.45, 2.75) is 20.0 Å². The zero-order chi connectivity index (χ0) is 13.3. The molecule has 2 rings (SSSR count). The number of rotatable bonds is 1. The van der Waals surface area contributed by atoms with Crippen LogP contribution < -0.4 is 0 Å². The van der Waals surface area contributed by atoms with Crippen LogP contribution in [0.1, 0.15) is 16.7 Å². The number of aryl methyl sites for hydroxylation is 2. The first-order chi connectivity index (χ1) is 8.38. The lowest BCUT2D eigenvalue weighted by atomic mass is 9.97. The van der Waals surface area contributed by atoms with Gasteiger partial charge in [0.2, 0.25) is 0 Å². The molecule has 0 amide bonds. The Morgan fingerprint density at radius 1 is 0.889 bits per heavy atom. The van der Waals surface area contributed by atoms with Gasteiger partial charge in [-0.05, 0) is 42.7 Å². The van der Waals surface area contributed by atoms with Crippen molar-refractivity contribution in [2.24, 2.45) is 0 Å². The molecule has 0 spiro atoms. The molecular formula is C15H13F3. The maximum absolute atomic E-state index is 12.7. The van der Waals surface area contributed by atoms with Gasteiger partial charge in [-0.3, -0.25) is 0 Å². The number of alkyl halides is 3. The first kappa shape index (κ1) is 12.7. The standard InChI is InChI=1S/C15H13F3/c1-10-6-7-11(2)14(8-10)12-4-3-5-13(9-12)15(16,17)18/h3-9H,1-2H3. The fourth-order valence-corrected chi connectivity index (χ4v) is 1.91. The van der Waals surface area contributed by atoms with Gasteiger partial charge in [0.15, 0.2) is 0 Å². The van der Waals surface area contributed by atoms with Gasteiger partial charge in [-0.15, -0.1) is 0 Å². The van der Waals surface area contributed by atoms with E-state index in [4.69, 9.17) is 0 Å². The second kappa shape index (κ2) is 4.48. The van der Waals surface area contributed by atoms with Crippen LogP contribution in [0.4, 0.5) is 13.2 Å². The molecule has 0 aliphatic rings. The molecule has 0 aliphatic heterocycles. The predicted molar refractivity (Wildman–Crippen MR) is 66.4 cm³/mol. The molecule has 0 heterocycles. The molecule has 0 N–H and O–H groups in total. The van der Waals surface area contributed by atoms with Gasteiger partial charge >= 0.3 is 6.18 Å². The number of hydrogen-bond donors (Lipinski definition) is 0. The molecule has 0 bridgehead atoms. The summed E-state index contributed by atoms with van der Waals surface area (Å²) in [5, 5.41) is 0. The Balaban J connectivity index is 2.55. The molecular weight excluding hydrogens is 237 g/mol. The van der Waals surface area contributed by atoms with Crippen LogP contribution in [0, 0.1) is 13.8 Å². The first-order valence-corrected chi connectivity index (χ1v) is 5.63. The highest BCUT2D eigenvalue weighted by Crippen LogP contribution is 2.33. The normalized spacial score (nSPS) is 11.6. The van der Waals surface area contributed by atoms with Gasteiger partial charge in [0, 0.05) is 0 Å². The lowest BCUT2D eigenvalue weighted by molar-refractivity contribution is -0.137. The summed E-state index contributed by atoms with van der Waals surface area (Å²) in [5.74, 6) is 0. The van der Waals surface area contributed by atoms with Crippen LogP contribution in [-0.2, 0) is 6.18 Å². The largest absolute Gasteiger partial charge is 0.416 e. The number of halogens is 3. The first-order valence-electron chi connectivity index (χ1n) is 5.63. The average Bonchev–Trinajstić information content (AvgIpc) is 2.31. The Bertz CT molecular complexity index is 568. The van der Waals surface area contributed by atoms with Crippen molar-refractivity contribution in [3.05, 3.63) is 59.2 Å². The molecule has 0 unspecified atom stereocenters. The van der Waals surface area contributed by atoms with E-state index in [0.717, 1.165) is 22.8 Å². The van der Waals surface area contributed by atoms with Crippen molar-refractivity contribution >= 4 is 0 Å². The predicted octanol–water partition coefficient (Wildman–Crippen LogP) is 4.99. The second-order valence-electron chi connectivity index (χ2n) is 4.40. The quantitative estimate of drug-likeness (QED) is 0.669. The van der Waals surface area contributed by atoms with E-state index in [1.54, 1.807) is 6.07 Å². The highest BCUT2D eigenvalue weighted by Gasteiger charge is 2.30. The fraction of sp³-hybridized carbons (Fsp3) is 0.200. The van der Waals surface area contributed by atoms with Crippen molar-refractivity contribution in [1.29, 1.82) is 0 Å². The Morgan fingerprint density at radius 3 is 2.28 bits per heavy atom. The summed E-state index contributed by atoms with van der Waals surface area (Å²) in [7, 11) is 0. The van der Waals surface area contributed by atoms with Crippen LogP contribution in [0.3, 0.4) is 0 Å². The molecule has 0 aromatic heterocycles. The summed E-state index contributed by atoms with van der Waals surface area (Å²) in [6.45, 7) is 3.82. The summed E-state index contributed by atoms with van der Waals surface area (Å²) in [6.07, 6.45) is -4.30. The maximum atomic E-state index is 12.7. The highest BCUT2D eigenvalue weighted by molar-refractivity contribution is 5.68. The zero-order valence-corrected chi connectivity index (χ0v) is 10.2. The summed E-state index contributed by atoms with van der Waals surface area (Å²) < 4.78 is 38.0. The van der Waals surface area contributed by atoms with Crippen LogP contribution in [0.15, 0.2) is 42.5 Å². The summed E-state index contributed by atoms with van der Waals surface area (Å²) in [4.78, 5) is 0. The highest BCUT2D eigenvalue weighted by atomic mass is 19.4. The third-order valence-corrected chi connectivity index (χ3v) is 2.89. The molecule has 18 heavy (non-hydrogen) atoms. The molecule has 0 aliphatic carbocycles. The van der Waals surface area contributed by atoms with Crippen LogP contribution in [0.5, 0.6) is 0 Å². The molecule has 0 nitrogen and oxygen atoms in total. The molecule has 0 fully saturated rings. The van der Waals surface area contributed by atoms with E-state index in [-0.39, 0.29) is 0 Å². The number of hydrogen-bond acceptors (Lipinski definition) is 0. The van der Waals surface area contributed by atoms with E-state index in [2.05, 4.69) is 0 Å². The molecule has 3 heteroatoms. The van der Waals surface area contributed by atoms with Gasteiger partial charge < -0.3 is 0 Å². The maximum Gasteiger partial charge on any atom is 0.416 e. The van der Waals surface area contributed by atoms with Crippen LogP contribution in [0.25, 0.3) is 11.1 Å². The molecule has 0 atom stereocenters. The topological polar surface area (TPSA) is 0 Å². The van der Waals surface area contributed by atoms with Gasteiger partial charge in [0.1, 0.15) is 0 Å². The smallest absolute Gasteiger partial charge is 0.166 e. The van der Waals surface area contributed by atoms with Gasteiger partial charge in [0.25, 0.3) is 0 Å². The fourth-order valence-electron chi connectivity index (χ4n) is 1.91. The Morgan fingerprint density at radius 2 is 1.61 bits per heavy atom. The summed E-state index contributed by atoms with van der Waals surface area (Å²) in [5.41, 5.74) is 2.85. The molecule has 2 aromatic carbocycles. The van der Waals surface area contributed by atoms with Gasteiger partial charge in [-0.1, -0.05) is 35.9 Å². The van der Waals surface area contributed by atoms with E-state index >= 15 is 0 Å². The second-order valence-corrected chi connectivity index (χ2v) is 4.40. The lowest BCUT2D eigenvalue weighted by Crippen LogP contribution is -2.04. The van der Waals surface area contributed by atoms with E-state index in [1.165, 1.54) is 12.1 Å². The SMILES string of the molecule is Cc1ccc(C)c(-c2cccc(C(F)(F)F)c2)c1. The number of benzene rings is 2. The molecule has 0 radical (unpaired) electrons. The van der Waals surface area contributed by atoms with Crippen molar-refractivity contribution in [3.8, 4) is 11.1 Å².